The fraction of sp³-hybridized carbons (Fsp3) is 0.434. The monoisotopic (exact) mass is 998 g/mol. The molecule has 19 heteroatoms. The predicted octanol–water partition coefficient (Wildman–Crippen LogP) is 9.52. The van der Waals surface area contributed by atoms with E-state index < -0.39 is 43.0 Å². The van der Waals surface area contributed by atoms with Gasteiger partial charge in [0.15, 0.2) is 17.5 Å². The van der Waals surface area contributed by atoms with Crippen LogP contribution in [0.3, 0.4) is 0 Å². The van der Waals surface area contributed by atoms with E-state index in [9.17, 15) is 9.59 Å². The highest BCUT2D eigenvalue weighted by molar-refractivity contribution is 6.74. The van der Waals surface area contributed by atoms with E-state index in [0.717, 1.165) is 29.3 Å². The van der Waals surface area contributed by atoms with Crippen LogP contribution in [0.25, 0.3) is 39.0 Å². The van der Waals surface area contributed by atoms with E-state index in [4.69, 9.17) is 18.8 Å². The molecule has 3 aliphatic rings. The van der Waals surface area contributed by atoms with Crippen LogP contribution in [0, 0.1) is 24.5 Å². The van der Waals surface area contributed by atoms with Crippen LogP contribution in [0.2, 0.25) is 18.1 Å². The van der Waals surface area contributed by atoms with E-state index in [0.29, 0.717) is 64.8 Å². The minimum absolute atomic E-state index is 0.0177. The molecule has 4 atom stereocenters. The van der Waals surface area contributed by atoms with Crippen molar-refractivity contribution in [3.63, 3.8) is 0 Å². The number of rotatable bonds is 9. The molecule has 7 heterocycles. The molecule has 2 aliphatic heterocycles. The summed E-state index contributed by atoms with van der Waals surface area (Å²) in [5.74, 6) is -1.10. The number of H-pyrrole nitrogens is 1. The van der Waals surface area contributed by atoms with E-state index in [1.165, 1.54) is 21.5 Å². The van der Waals surface area contributed by atoms with Gasteiger partial charge < -0.3 is 18.6 Å². The predicted molar refractivity (Wildman–Crippen MR) is 270 cm³/mol. The van der Waals surface area contributed by atoms with Crippen LogP contribution >= 0.6 is 0 Å². The molecule has 0 bridgehead atoms. The summed E-state index contributed by atoms with van der Waals surface area (Å²) in [5.41, 5.74) is 3.19. The zero-order chi connectivity index (χ0) is 51.1. The summed E-state index contributed by atoms with van der Waals surface area (Å²) in [5, 5.41) is 14.5. The van der Waals surface area contributed by atoms with Crippen molar-refractivity contribution in [2.75, 3.05) is 13.2 Å². The Bertz CT molecular complexity index is 3640. The molecule has 1 aliphatic carbocycles. The van der Waals surface area contributed by atoms with Crippen LogP contribution in [0.15, 0.2) is 81.2 Å². The van der Waals surface area contributed by atoms with Gasteiger partial charge >= 0.3 is 11.4 Å². The quantitative estimate of drug-likeness (QED) is 0.139. The molecule has 376 valence electrons. The molecule has 72 heavy (non-hydrogen) atoms. The van der Waals surface area contributed by atoms with Gasteiger partial charge in [0.05, 0.1) is 45.8 Å². The lowest BCUT2D eigenvalue weighted by molar-refractivity contribution is -0.0592. The van der Waals surface area contributed by atoms with Gasteiger partial charge in [-0.25, -0.2) is 23.1 Å². The number of aromatic nitrogens is 9. The molecular weight excluding hydrogens is 939 g/mol. The van der Waals surface area contributed by atoms with Crippen molar-refractivity contribution in [3.05, 3.63) is 134 Å². The van der Waals surface area contributed by atoms with E-state index in [2.05, 4.69) is 75.0 Å². The van der Waals surface area contributed by atoms with Crippen LogP contribution in [-0.4, -0.2) is 81.3 Å². The number of hydrogen-bond acceptors (Lipinski definition) is 9. The Labute approximate surface area is 415 Å². The van der Waals surface area contributed by atoms with Gasteiger partial charge in [-0.15, -0.1) is 0 Å². The molecule has 8 aromatic rings. The number of fused-ring (bicyclic) bond motifs is 3. The van der Waals surface area contributed by atoms with Crippen molar-refractivity contribution in [2.24, 2.45) is 13.0 Å². The smallest absolute Gasteiger partial charge is 0.438 e. The zero-order valence-corrected chi connectivity index (χ0v) is 43.6. The van der Waals surface area contributed by atoms with Crippen molar-refractivity contribution >= 4 is 36.0 Å². The Balaban J connectivity index is 1.07. The molecule has 1 saturated heterocycles. The number of aromatic amines is 1. The van der Waals surface area contributed by atoms with Crippen LogP contribution in [0.5, 0.6) is 5.75 Å². The van der Waals surface area contributed by atoms with Gasteiger partial charge in [-0.2, -0.15) is 10.2 Å². The normalized spacial score (nSPS) is 21.2. The van der Waals surface area contributed by atoms with E-state index in [1.807, 2.05) is 30.7 Å². The van der Waals surface area contributed by atoms with Crippen LogP contribution in [0.4, 0.5) is 8.78 Å². The first-order valence-electron chi connectivity index (χ1n) is 24.7. The number of imidazole rings is 1. The first-order valence-corrected chi connectivity index (χ1v) is 27.6. The molecule has 16 nitrogen and oxygen atoms in total. The lowest BCUT2D eigenvalue weighted by Gasteiger charge is -2.36. The summed E-state index contributed by atoms with van der Waals surface area (Å²) in [7, 11) is -0.840. The molecule has 1 N–H and O–H groups in total. The second-order valence-corrected chi connectivity index (χ2v) is 27.1. The molecule has 2 fully saturated rings. The summed E-state index contributed by atoms with van der Waals surface area (Å²) in [6, 6.07) is 14.2. The number of amides is 1. The Kier molecular flexibility index (Phi) is 10.8. The summed E-state index contributed by atoms with van der Waals surface area (Å²) in [4.78, 5) is 47.8. The average Bonchev–Trinajstić information content (AvgIpc) is 3.95. The Morgan fingerprint density at radius 3 is 2.40 bits per heavy atom. The van der Waals surface area contributed by atoms with Gasteiger partial charge in [0.2, 0.25) is 0 Å². The van der Waals surface area contributed by atoms with Crippen molar-refractivity contribution < 1.29 is 27.3 Å². The van der Waals surface area contributed by atoms with Gasteiger partial charge in [-0.3, -0.25) is 28.1 Å². The largest absolute Gasteiger partial charge is 0.541 e. The van der Waals surface area contributed by atoms with Gasteiger partial charge in [-0.1, -0.05) is 38.9 Å². The third-order valence-corrected chi connectivity index (χ3v) is 20.5. The molecule has 0 radical (unpaired) electrons. The van der Waals surface area contributed by atoms with Crippen LogP contribution < -0.4 is 15.9 Å². The molecule has 1 saturated carbocycles. The minimum Gasteiger partial charge on any atom is -0.541 e. The Morgan fingerprint density at radius 1 is 0.972 bits per heavy atom. The van der Waals surface area contributed by atoms with Crippen molar-refractivity contribution in [2.45, 2.75) is 122 Å². The van der Waals surface area contributed by atoms with Gasteiger partial charge in [0, 0.05) is 61.5 Å². The van der Waals surface area contributed by atoms with E-state index in [1.54, 1.807) is 58.7 Å². The number of nitrogens with zero attached hydrogens (tertiary/aromatic N) is 9. The summed E-state index contributed by atoms with van der Waals surface area (Å²) >= 11 is 0. The second kappa shape index (κ2) is 16.3. The molecule has 11 rings (SSSR count). The highest BCUT2D eigenvalue weighted by Gasteiger charge is 2.59. The van der Waals surface area contributed by atoms with Crippen LogP contribution in [0.1, 0.15) is 118 Å². The first-order chi connectivity index (χ1) is 34.0. The van der Waals surface area contributed by atoms with E-state index in [-0.39, 0.29) is 51.8 Å². The molecule has 3 aromatic carbocycles. The number of carbonyl (C=O) groups excluding carboxylic acids is 1. The Morgan fingerprint density at radius 2 is 1.71 bits per heavy atom. The maximum Gasteiger partial charge on any atom is 0.438 e. The molecule has 1 amide bonds. The SMILES string of the molecule is Cc1cc(-n2nc3c(c2-n2ccn(-c4ccc5c(cnn5C)c4F)c2=O)[C@H](C)N(C(=O)c2cc4cc([C@H]5CCOC(C)(C)C5)ccc4n2[C@@]2(c4noc(=O)[nH]4)C[C@@H]2C)CC3)cc(O[Si](C)(C)C(C)(C)C)c1F. The number of hydrogen-bond donors (Lipinski definition) is 1. The van der Waals surface area contributed by atoms with E-state index >= 15 is 13.6 Å². The highest BCUT2D eigenvalue weighted by atomic mass is 28.4. The maximum absolute atomic E-state index is 16.3. The third-order valence-electron chi connectivity index (χ3n) is 16.2. The number of benzene rings is 3. The lowest BCUT2D eigenvalue weighted by atomic mass is 9.83. The second-order valence-electron chi connectivity index (χ2n) is 22.3. The summed E-state index contributed by atoms with van der Waals surface area (Å²) < 4.78 is 58.2. The number of aryl methyl sites for hydroxylation is 2. The number of nitrogens with one attached hydrogen (secondary N) is 1. The minimum atomic E-state index is -2.56. The fourth-order valence-electron chi connectivity index (χ4n) is 11.1. The fourth-order valence-corrected chi connectivity index (χ4v) is 12.1. The van der Waals surface area contributed by atoms with Crippen molar-refractivity contribution in [3.8, 4) is 22.9 Å². The van der Waals surface area contributed by atoms with Gasteiger partial charge in [0.1, 0.15) is 22.8 Å². The molecular formula is C53H60F2N10O6Si. The molecule has 0 spiro atoms. The summed E-state index contributed by atoms with van der Waals surface area (Å²) in [6.07, 6.45) is 7.11. The van der Waals surface area contributed by atoms with Crippen molar-refractivity contribution in [1.82, 2.24) is 48.3 Å². The highest BCUT2D eigenvalue weighted by Crippen LogP contribution is 2.56. The van der Waals surface area contributed by atoms with Gasteiger partial charge in [0.25, 0.3) is 14.2 Å². The number of halogens is 2. The summed E-state index contributed by atoms with van der Waals surface area (Å²) in [6.45, 7) is 21.1. The molecule has 5 aromatic heterocycles. The topological polar surface area (TPSA) is 165 Å². The third kappa shape index (κ3) is 7.35. The molecule has 0 unspecified atom stereocenters. The van der Waals surface area contributed by atoms with Gasteiger partial charge in [-0.05, 0) is 124 Å². The standard InChI is InChI=1S/C53H60F2N10O6Si/c1-29-22-35(25-42(44(29)54)71-72(10,11)51(4,5)6)65-46(63-20-19-62(50(63)68)40-15-14-39-36(45(40)55)28-56-60(39)9)43-31(3)61(18-16-37(43)58-65)47(66)41-24-34-23-32(33-17-21-69-52(7,8)27-33)12-13-38(34)64(41)53(26-30(53)2)48-57-49(67)70-59-48/h12-15,19-20,22-25,28,30-31,33H,16-18,21,26-27H2,1-11H3,(H,57,59,67)/t30-,31-,33-,53-/m0/s1. The number of carbonyl (C=O) groups is 1. The zero-order valence-electron chi connectivity index (χ0n) is 42.6. The maximum atomic E-state index is 16.3. The number of ether oxygens (including phenoxy) is 1. The first kappa shape index (κ1) is 47.5. The Hall–Kier alpha value is -6.86. The van der Waals surface area contributed by atoms with Crippen LogP contribution in [-0.2, 0) is 23.7 Å². The lowest BCUT2D eigenvalue weighted by Crippen LogP contribution is -2.44. The average molecular weight is 999 g/mol. The van der Waals surface area contributed by atoms with Crippen molar-refractivity contribution in [1.29, 1.82) is 0 Å².